The van der Waals surface area contributed by atoms with Gasteiger partial charge in [-0.3, -0.25) is 14.5 Å². The summed E-state index contributed by atoms with van der Waals surface area (Å²) < 4.78 is 18.7. The van der Waals surface area contributed by atoms with Gasteiger partial charge >= 0.3 is 0 Å². The Morgan fingerprint density at radius 1 is 1.20 bits per heavy atom. The summed E-state index contributed by atoms with van der Waals surface area (Å²) in [6.07, 6.45) is 1.09. The van der Waals surface area contributed by atoms with Crippen LogP contribution in [0.1, 0.15) is 29.8 Å². The lowest BCUT2D eigenvalue weighted by Crippen LogP contribution is -2.49. The smallest absolute Gasteiger partial charge is 0.258 e. The molecule has 0 fully saturated rings. The molecule has 13 nitrogen and oxygen atoms in total. The van der Waals surface area contributed by atoms with Crippen LogP contribution in [0, 0.1) is 5.92 Å². The number of benzene rings is 2. The molecule has 0 unspecified atom stereocenters. The maximum absolute atomic E-state index is 13.7. The van der Waals surface area contributed by atoms with Gasteiger partial charge in [0, 0.05) is 31.2 Å². The van der Waals surface area contributed by atoms with E-state index in [0.717, 1.165) is 17.1 Å². The van der Waals surface area contributed by atoms with Crippen molar-refractivity contribution < 1.29 is 28.9 Å². The molecule has 2 aromatic carbocycles. The van der Waals surface area contributed by atoms with Gasteiger partial charge in [0.1, 0.15) is 24.7 Å². The van der Waals surface area contributed by atoms with Gasteiger partial charge in [-0.1, -0.05) is 13.0 Å². The van der Waals surface area contributed by atoms with Crippen LogP contribution in [0.2, 0.25) is 0 Å². The van der Waals surface area contributed by atoms with E-state index in [4.69, 9.17) is 14.2 Å². The number of hydrogen-bond acceptors (Lipinski definition) is 10. The summed E-state index contributed by atoms with van der Waals surface area (Å²) in [5.74, 6) is 1.26. The van der Waals surface area contributed by atoms with Gasteiger partial charge in [-0.25, -0.2) is 4.68 Å². The van der Waals surface area contributed by atoms with E-state index in [1.165, 1.54) is 11.0 Å². The number of nitrogens with one attached hydrogen (secondary N) is 1. The zero-order valence-corrected chi connectivity index (χ0v) is 22.7. The number of tetrazole rings is 1. The first-order valence-electron chi connectivity index (χ1n) is 13.1. The molecule has 3 heterocycles. The van der Waals surface area contributed by atoms with Gasteiger partial charge in [0.2, 0.25) is 12.7 Å². The van der Waals surface area contributed by atoms with Gasteiger partial charge in [-0.15, -0.1) is 5.10 Å². The molecule has 0 aliphatic carbocycles. The number of likely N-dealkylation sites (N-methyl/N-ethyl adjacent to an activating group) is 1. The summed E-state index contributed by atoms with van der Waals surface area (Å²) in [4.78, 5) is 30.0. The van der Waals surface area contributed by atoms with E-state index in [9.17, 15) is 14.7 Å². The molecule has 0 saturated carbocycles. The lowest BCUT2D eigenvalue weighted by molar-refractivity contribution is -0.116. The Morgan fingerprint density at radius 3 is 2.77 bits per heavy atom. The van der Waals surface area contributed by atoms with Crippen LogP contribution in [0.15, 0.2) is 42.7 Å². The molecule has 0 saturated heterocycles. The van der Waals surface area contributed by atoms with Gasteiger partial charge < -0.3 is 29.5 Å². The fraction of sp³-hybridized carbons (Fsp3) is 0.444. The normalized spacial score (nSPS) is 19.0. The summed E-state index contributed by atoms with van der Waals surface area (Å²) in [5.41, 5.74) is 1.84. The van der Waals surface area contributed by atoms with Crippen LogP contribution in [0.25, 0.3) is 0 Å². The molecule has 2 aliphatic heterocycles. The molecule has 3 aromatic rings. The van der Waals surface area contributed by atoms with Gasteiger partial charge in [0.15, 0.2) is 11.5 Å². The molecule has 0 radical (unpaired) electrons. The number of anilines is 1. The Balaban J connectivity index is 1.35. The van der Waals surface area contributed by atoms with Crippen LogP contribution in [-0.4, -0.2) is 92.6 Å². The highest BCUT2D eigenvalue weighted by Crippen LogP contribution is 2.33. The Kier molecular flexibility index (Phi) is 8.12. The summed E-state index contributed by atoms with van der Waals surface area (Å²) >= 11 is 0. The molecule has 2 amide bonds. The minimum atomic E-state index is -0.397. The summed E-state index contributed by atoms with van der Waals surface area (Å²) in [7, 11) is 2.02. The first-order valence-corrected chi connectivity index (χ1v) is 13.1. The van der Waals surface area contributed by atoms with Crippen molar-refractivity contribution >= 4 is 17.5 Å². The zero-order chi connectivity index (χ0) is 28.2. The van der Waals surface area contributed by atoms with Crippen molar-refractivity contribution in [2.75, 3.05) is 38.9 Å². The van der Waals surface area contributed by atoms with Crippen molar-refractivity contribution in [3.63, 3.8) is 0 Å². The predicted molar refractivity (Wildman–Crippen MR) is 143 cm³/mol. The van der Waals surface area contributed by atoms with E-state index >= 15 is 0 Å². The Morgan fingerprint density at radius 2 is 2.00 bits per heavy atom. The topological polar surface area (TPSA) is 144 Å². The number of carbonyl (C=O) groups is 2. The Bertz CT molecular complexity index is 1350. The van der Waals surface area contributed by atoms with Crippen LogP contribution in [0.5, 0.6) is 17.2 Å². The van der Waals surface area contributed by atoms with E-state index in [-0.39, 0.29) is 43.8 Å². The van der Waals surface area contributed by atoms with E-state index in [1.807, 2.05) is 39.1 Å². The van der Waals surface area contributed by atoms with E-state index in [0.29, 0.717) is 36.6 Å². The number of hydrogen-bond donors (Lipinski definition) is 2. The predicted octanol–water partition coefficient (Wildman–Crippen LogP) is 1.39. The molecule has 0 spiro atoms. The molecule has 1 aromatic heterocycles. The summed E-state index contributed by atoms with van der Waals surface area (Å²) in [5, 5.41) is 23.4. The molecule has 5 rings (SSSR count). The molecule has 2 aliphatic rings. The standard InChI is InChI=1S/C27H33N7O6/c1-17-10-34(18(2)14-35)27(37)21-9-20(29-26(36)13-33-15-28-30-31-33)5-7-22(21)40-25(17)12-32(3)11-19-4-6-23-24(8-19)39-16-38-23/h4-9,15,17-18,25,35H,10-14,16H2,1-3H3,(H,29,36)/t17-,18+,25+/m0/s1. The van der Waals surface area contributed by atoms with Gasteiger partial charge in [-0.2, -0.15) is 0 Å². The van der Waals surface area contributed by atoms with E-state index in [1.54, 1.807) is 23.1 Å². The highest BCUT2D eigenvalue weighted by atomic mass is 16.7. The maximum Gasteiger partial charge on any atom is 0.258 e. The Hall–Kier alpha value is -4.23. The number of ether oxygens (including phenoxy) is 3. The van der Waals surface area contributed by atoms with Crippen LogP contribution < -0.4 is 19.5 Å². The number of aromatic nitrogens is 4. The lowest BCUT2D eigenvalue weighted by Gasteiger charge is -2.38. The van der Waals surface area contributed by atoms with Crippen molar-refractivity contribution in [3.8, 4) is 17.2 Å². The molecule has 212 valence electrons. The van der Waals surface area contributed by atoms with Gasteiger partial charge in [0.25, 0.3) is 5.91 Å². The second-order valence-electron chi connectivity index (χ2n) is 10.3. The lowest BCUT2D eigenvalue weighted by atomic mass is 9.99. The number of aliphatic hydroxyl groups excluding tert-OH is 1. The van der Waals surface area contributed by atoms with Crippen molar-refractivity contribution in [2.45, 2.75) is 39.1 Å². The third-order valence-electron chi connectivity index (χ3n) is 7.03. The minimum Gasteiger partial charge on any atom is -0.488 e. The number of nitrogens with zero attached hydrogens (tertiary/aromatic N) is 6. The second kappa shape index (κ2) is 11.9. The Labute approximate surface area is 231 Å². The number of aliphatic hydroxyl groups is 1. The van der Waals surface area contributed by atoms with Crippen LogP contribution in [0.3, 0.4) is 0 Å². The minimum absolute atomic E-state index is 0.0269. The van der Waals surface area contributed by atoms with Crippen molar-refractivity contribution in [1.29, 1.82) is 0 Å². The number of carbonyl (C=O) groups excluding carboxylic acids is 2. The number of rotatable bonds is 9. The van der Waals surface area contributed by atoms with Gasteiger partial charge in [-0.05, 0) is 60.3 Å². The maximum atomic E-state index is 13.7. The SMILES string of the molecule is C[C@H](CO)N1C[C@H](C)[C@@H](CN(C)Cc2ccc3c(c2)OCO3)Oc2ccc(NC(=O)Cn3cnnn3)cc2C1=O. The molecule has 3 atom stereocenters. The largest absolute Gasteiger partial charge is 0.488 e. The fourth-order valence-electron chi connectivity index (χ4n) is 4.84. The fourth-order valence-corrected chi connectivity index (χ4v) is 4.84. The number of fused-ring (bicyclic) bond motifs is 2. The molecule has 2 N–H and O–H groups in total. The molecule has 13 heteroatoms. The third kappa shape index (κ3) is 6.15. The molecule has 0 bridgehead atoms. The highest BCUT2D eigenvalue weighted by molar-refractivity contribution is 5.99. The monoisotopic (exact) mass is 551 g/mol. The van der Waals surface area contributed by atoms with Gasteiger partial charge in [0.05, 0.1) is 18.2 Å². The molecular formula is C27H33N7O6. The van der Waals surface area contributed by atoms with Crippen LogP contribution in [0.4, 0.5) is 5.69 Å². The first-order chi connectivity index (χ1) is 19.3. The average Bonchev–Trinajstić information content (AvgIpc) is 3.62. The van der Waals surface area contributed by atoms with Crippen molar-refractivity contribution in [1.82, 2.24) is 30.0 Å². The number of amides is 2. The summed E-state index contributed by atoms with van der Waals surface area (Å²) in [6.45, 7) is 5.50. The summed E-state index contributed by atoms with van der Waals surface area (Å²) in [6, 6.07) is 10.5. The molecule has 40 heavy (non-hydrogen) atoms. The van der Waals surface area contributed by atoms with Crippen molar-refractivity contribution in [2.24, 2.45) is 5.92 Å². The van der Waals surface area contributed by atoms with Crippen LogP contribution >= 0.6 is 0 Å². The third-order valence-corrected chi connectivity index (χ3v) is 7.03. The molecular weight excluding hydrogens is 518 g/mol. The van der Waals surface area contributed by atoms with Crippen molar-refractivity contribution in [3.05, 3.63) is 53.9 Å². The average molecular weight is 552 g/mol. The van der Waals surface area contributed by atoms with E-state index in [2.05, 4.69) is 25.7 Å². The van der Waals surface area contributed by atoms with Crippen LogP contribution in [-0.2, 0) is 17.9 Å². The first kappa shape index (κ1) is 27.3. The second-order valence-corrected chi connectivity index (χ2v) is 10.3. The van der Waals surface area contributed by atoms with E-state index < -0.39 is 6.04 Å². The quantitative estimate of drug-likeness (QED) is 0.400. The zero-order valence-electron chi connectivity index (χ0n) is 22.7. The highest BCUT2D eigenvalue weighted by Gasteiger charge is 2.33.